The van der Waals surface area contributed by atoms with E-state index in [9.17, 15) is 8.78 Å². The van der Waals surface area contributed by atoms with Crippen molar-refractivity contribution in [3.8, 4) is 11.5 Å². The van der Waals surface area contributed by atoms with Crippen molar-refractivity contribution in [1.82, 2.24) is 0 Å². The average molecular weight is 284 g/mol. The molecular weight excluding hydrogens is 272 g/mol. The van der Waals surface area contributed by atoms with Crippen LogP contribution < -0.4 is 10.5 Å². The standard InChI is InChI=1S/C14H12ClF2NO/c15-10-1-3-11(4-2-10)19-14-12(16)7-9(5-6-18)8-13(14)17/h1-4,7-8H,5-6,18H2. The highest BCUT2D eigenvalue weighted by atomic mass is 35.5. The maximum absolute atomic E-state index is 13.8. The van der Waals surface area contributed by atoms with E-state index in [4.69, 9.17) is 22.1 Å². The third-order valence-electron chi connectivity index (χ3n) is 2.52. The Labute approximate surface area is 114 Å². The third kappa shape index (κ3) is 3.43. The van der Waals surface area contributed by atoms with Gasteiger partial charge in [0.1, 0.15) is 5.75 Å². The van der Waals surface area contributed by atoms with Gasteiger partial charge in [-0.2, -0.15) is 0 Å². The van der Waals surface area contributed by atoms with Crippen LogP contribution >= 0.6 is 11.6 Å². The highest BCUT2D eigenvalue weighted by Gasteiger charge is 2.13. The van der Waals surface area contributed by atoms with Crippen LogP contribution in [-0.2, 0) is 6.42 Å². The van der Waals surface area contributed by atoms with E-state index in [1.165, 1.54) is 24.3 Å². The molecule has 0 spiro atoms. The number of halogens is 3. The molecule has 0 radical (unpaired) electrons. The molecule has 2 rings (SSSR count). The molecule has 2 N–H and O–H groups in total. The van der Waals surface area contributed by atoms with Crippen molar-refractivity contribution in [1.29, 1.82) is 0 Å². The monoisotopic (exact) mass is 283 g/mol. The van der Waals surface area contributed by atoms with Gasteiger partial charge in [0.15, 0.2) is 17.4 Å². The molecule has 19 heavy (non-hydrogen) atoms. The summed E-state index contributed by atoms with van der Waals surface area (Å²) in [6, 6.07) is 8.68. The predicted octanol–water partition coefficient (Wildman–Crippen LogP) is 3.91. The Morgan fingerprint density at radius 2 is 1.63 bits per heavy atom. The first-order chi connectivity index (χ1) is 9.10. The summed E-state index contributed by atoms with van der Waals surface area (Å²) in [4.78, 5) is 0. The van der Waals surface area contributed by atoms with E-state index in [1.54, 1.807) is 12.1 Å². The Kier molecular flexibility index (Phi) is 4.35. The van der Waals surface area contributed by atoms with Gasteiger partial charge in [0, 0.05) is 5.02 Å². The fraction of sp³-hybridized carbons (Fsp3) is 0.143. The van der Waals surface area contributed by atoms with Crippen LogP contribution in [0.1, 0.15) is 5.56 Å². The zero-order chi connectivity index (χ0) is 13.8. The Morgan fingerprint density at radius 3 is 2.16 bits per heavy atom. The molecule has 0 saturated heterocycles. The summed E-state index contributed by atoms with van der Waals surface area (Å²) < 4.78 is 32.7. The Balaban J connectivity index is 2.27. The van der Waals surface area contributed by atoms with Gasteiger partial charge in [-0.25, -0.2) is 8.78 Å². The number of hydrogen-bond acceptors (Lipinski definition) is 2. The summed E-state index contributed by atoms with van der Waals surface area (Å²) >= 11 is 5.72. The van der Waals surface area contributed by atoms with E-state index in [1.807, 2.05) is 0 Å². The third-order valence-corrected chi connectivity index (χ3v) is 2.78. The van der Waals surface area contributed by atoms with Crippen molar-refractivity contribution < 1.29 is 13.5 Å². The van der Waals surface area contributed by atoms with Crippen LogP contribution in [0.25, 0.3) is 0 Å². The van der Waals surface area contributed by atoms with Gasteiger partial charge in [0.2, 0.25) is 0 Å². The average Bonchev–Trinajstić information content (AvgIpc) is 2.36. The van der Waals surface area contributed by atoms with E-state index in [2.05, 4.69) is 0 Å². The normalized spacial score (nSPS) is 10.5. The summed E-state index contributed by atoms with van der Waals surface area (Å²) in [7, 11) is 0. The van der Waals surface area contributed by atoms with Gasteiger partial charge in [-0.15, -0.1) is 0 Å². The molecule has 0 saturated carbocycles. The second-order valence-electron chi connectivity index (χ2n) is 3.98. The van der Waals surface area contributed by atoms with Crippen LogP contribution in [0.3, 0.4) is 0 Å². The minimum Gasteiger partial charge on any atom is -0.451 e. The molecule has 0 aliphatic carbocycles. The van der Waals surface area contributed by atoms with Crippen molar-refractivity contribution in [2.24, 2.45) is 5.73 Å². The highest BCUT2D eigenvalue weighted by molar-refractivity contribution is 6.30. The van der Waals surface area contributed by atoms with E-state index in [0.717, 1.165) is 0 Å². The molecule has 0 unspecified atom stereocenters. The molecule has 0 aliphatic heterocycles. The van der Waals surface area contributed by atoms with Crippen LogP contribution in [0.15, 0.2) is 36.4 Å². The van der Waals surface area contributed by atoms with E-state index in [0.29, 0.717) is 29.3 Å². The first-order valence-corrected chi connectivity index (χ1v) is 6.09. The van der Waals surface area contributed by atoms with Gasteiger partial charge in [-0.3, -0.25) is 0 Å². The van der Waals surface area contributed by atoms with Gasteiger partial charge >= 0.3 is 0 Å². The smallest absolute Gasteiger partial charge is 0.198 e. The van der Waals surface area contributed by atoms with Crippen LogP contribution in [0, 0.1) is 11.6 Å². The summed E-state index contributed by atoms with van der Waals surface area (Å²) in [6.07, 6.45) is 0.412. The van der Waals surface area contributed by atoms with Crippen LogP contribution in [0.5, 0.6) is 11.5 Å². The molecule has 0 atom stereocenters. The minimum atomic E-state index is -0.751. The molecule has 0 aromatic heterocycles. The molecule has 5 heteroatoms. The first kappa shape index (κ1) is 13.8. The Bertz CT molecular complexity index is 549. The molecule has 2 nitrogen and oxygen atoms in total. The number of benzene rings is 2. The van der Waals surface area contributed by atoms with Crippen LogP contribution in [0.2, 0.25) is 5.02 Å². The summed E-state index contributed by atoms with van der Waals surface area (Å²) in [6.45, 7) is 0.330. The lowest BCUT2D eigenvalue weighted by molar-refractivity contribution is 0.406. The molecule has 0 bridgehead atoms. The Hall–Kier alpha value is -1.65. The fourth-order valence-corrected chi connectivity index (χ4v) is 1.77. The Morgan fingerprint density at radius 1 is 1.05 bits per heavy atom. The SMILES string of the molecule is NCCc1cc(F)c(Oc2ccc(Cl)cc2)c(F)c1. The molecule has 2 aromatic carbocycles. The van der Waals surface area contributed by atoms with Gasteiger partial charge in [-0.1, -0.05) is 11.6 Å². The van der Waals surface area contributed by atoms with Gasteiger partial charge in [-0.05, 0) is 54.9 Å². The van der Waals surface area contributed by atoms with E-state index in [-0.39, 0.29) is 0 Å². The number of hydrogen-bond donors (Lipinski definition) is 1. The quantitative estimate of drug-likeness (QED) is 0.923. The van der Waals surface area contributed by atoms with Crippen LogP contribution in [0.4, 0.5) is 8.78 Å². The second-order valence-corrected chi connectivity index (χ2v) is 4.42. The lowest BCUT2D eigenvalue weighted by atomic mass is 10.1. The summed E-state index contributed by atoms with van der Waals surface area (Å²) in [5, 5.41) is 0.520. The van der Waals surface area contributed by atoms with Crippen LogP contribution in [-0.4, -0.2) is 6.54 Å². The molecule has 0 amide bonds. The van der Waals surface area contributed by atoms with Crippen molar-refractivity contribution in [2.45, 2.75) is 6.42 Å². The van der Waals surface area contributed by atoms with E-state index >= 15 is 0 Å². The second kappa shape index (κ2) is 5.99. The summed E-state index contributed by atoms with van der Waals surface area (Å²) in [5.74, 6) is -1.62. The van der Waals surface area contributed by atoms with Crippen molar-refractivity contribution in [3.05, 3.63) is 58.6 Å². The molecule has 100 valence electrons. The molecule has 0 heterocycles. The predicted molar refractivity (Wildman–Crippen MR) is 70.6 cm³/mol. The summed E-state index contributed by atoms with van der Waals surface area (Å²) in [5.41, 5.74) is 5.85. The zero-order valence-electron chi connectivity index (χ0n) is 10.00. The molecular formula is C14H12ClF2NO. The lowest BCUT2D eigenvalue weighted by Gasteiger charge is -2.09. The minimum absolute atomic E-state index is 0.314. The zero-order valence-corrected chi connectivity index (χ0v) is 10.8. The maximum Gasteiger partial charge on any atom is 0.198 e. The van der Waals surface area contributed by atoms with Gasteiger partial charge in [0.25, 0.3) is 0 Å². The topological polar surface area (TPSA) is 35.2 Å². The largest absolute Gasteiger partial charge is 0.451 e. The van der Waals surface area contributed by atoms with E-state index < -0.39 is 17.4 Å². The molecule has 0 fully saturated rings. The lowest BCUT2D eigenvalue weighted by Crippen LogP contribution is -2.04. The molecule has 2 aromatic rings. The number of ether oxygens (including phenoxy) is 1. The fourth-order valence-electron chi connectivity index (χ4n) is 1.64. The van der Waals surface area contributed by atoms with Crippen molar-refractivity contribution in [2.75, 3.05) is 6.54 Å². The molecule has 0 aliphatic rings. The highest BCUT2D eigenvalue weighted by Crippen LogP contribution is 2.29. The first-order valence-electron chi connectivity index (χ1n) is 5.71. The number of rotatable bonds is 4. The maximum atomic E-state index is 13.8. The van der Waals surface area contributed by atoms with Gasteiger partial charge < -0.3 is 10.5 Å². The number of nitrogens with two attached hydrogens (primary N) is 1. The van der Waals surface area contributed by atoms with Crippen molar-refractivity contribution in [3.63, 3.8) is 0 Å². The van der Waals surface area contributed by atoms with Gasteiger partial charge in [0.05, 0.1) is 0 Å². The van der Waals surface area contributed by atoms with Crippen molar-refractivity contribution >= 4 is 11.6 Å².